The molecule has 24 heavy (non-hydrogen) atoms. The highest BCUT2D eigenvalue weighted by molar-refractivity contribution is 5.85. The van der Waals surface area contributed by atoms with Gasteiger partial charge in [-0.15, -0.1) is 0 Å². The third kappa shape index (κ3) is 3.18. The van der Waals surface area contributed by atoms with Crippen LogP contribution in [0.4, 0.5) is 4.79 Å². The molecular weight excluding hydrogens is 308 g/mol. The van der Waals surface area contributed by atoms with Gasteiger partial charge in [0.15, 0.2) is 5.60 Å². The summed E-state index contributed by atoms with van der Waals surface area (Å²) in [6, 6.07) is 9.32. The van der Waals surface area contributed by atoms with Crippen LogP contribution in [0.25, 0.3) is 0 Å². The highest BCUT2D eigenvalue weighted by Gasteiger charge is 2.49. The number of carbonyl (C=O) groups is 2. The van der Waals surface area contributed by atoms with Gasteiger partial charge in [-0.25, -0.2) is 4.79 Å². The molecule has 2 aliphatic rings. The maximum Gasteiger partial charge on any atom is 0.410 e. The van der Waals surface area contributed by atoms with Gasteiger partial charge in [-0.3, -0.25) is 4.79 Å². The Kier molecular flexibility index (Phi) is 4.15. The van der Waals surface area contributed by atoms with E-state index in [9.17, 15) is 9.59 Å². The summed E-state index contributed by atoms with van der Waals surface area (Å²) in [4.78, 5) is 28.0. The van der Waals surface area contributed by atoms with Crippen molar-refractivity contribution >= 4 is 12.0 Å². The zero-order valence-corrected chi connectivity index (χ0v) is 14.4. The van der Waals surface area contributed by atoms with Crippen molar-refractivity contribution in [2.24, 2.45) is 0 Å². The van der Waals surface area contributed by atoms with Crippen LogP contribution in [0.1, 0.15) is 26.7 Å². The minimum atomic E-state index is -0.978. The van der Waals surface area contributed by atoms with E-state index in [0.29, 0.717) is 25.4 Å². The molecule has 0 bridgehead atoms. The van der Waals surface area contributed by atoms with Gasteiger partial charge in [0.1, 0.15) is 11.4 Å². The molecule has 0 radical (unpaired) electrons. The topological polar surface area (TPSA) is 59.1 Å². The standard InChI is InChI=1S/C18H24N2O4/c1-17(2,23-14-8-5-4-6-9-14)15(21)20-11-7-10-18(13-20)12-19(3)16(22)24-18/h4-6,8-9H,7,10-13H2,1-3H3/t18-/m1/s1. The van der Waals surface area contributed by atoms with Crippen molar-refractivity contribution in [1.29, 1.82) is 0 Å². The van der Waals surface area contributed by atoms with Gasteiger partial charge in [0.25, 0.3) is 5.91 Å². The van der Waals surface area contributed by atoms with Gasteiger partial charge in [0, 0.05) is 13.6 Å². The Balaban J connectivity index is 1.71. The summed E-state index contributed by atoms with van der Waals surface area (Å²) in [5, 5.41) is 0. The number of rotatable bonds is 3. The average Bonchev–Trinajstić information content (AvgIpc) is 2.80. The van der Waals surface area contributed by atoms with Crippen LogP contribution in [0.15, 0.2) is 30.3 Å². The number of benzene rings is 1. The van der Waals surface area contributed by atoms with Crippen LogP contribution >= 0.6 is 0 Å². The number of nitrogens with zero attached hydrogens (tertiary/aromatic N) is 2. The summed E-state index contributed by atoms with van der Waals surface area (Å²) in [6.07, 6.45) is 1.28. The molecule has 1 aromatic rings. The van der Waals surface area contributed by atoms with Crippen LogP contribution in [0, 0.1) is 0 Å². The van der Waals surface area contributed by atoms with Gasteiger partial charge < -0.3 is 19.3 Å². The van der Waals surface area contributed by atoms with Crippen LogP contribution in [0.3, 0.4) is 0 Å². The van der Waals surface area contributed by atoms with E-state index in [1.165, 1.54) is 0 Å². The number of carbonyl (C=O) groups excluding carboxylic acids is 2. The second-order valence-corrected chi connectivity index (χ2v) is 7.16. The third-order valence-corrected chi connectivity index (χ3v) is 4.60. The normalized spacial score (nSPS) is 24.2. The zero-order chi connectivity index (χ0) is 17.4. The van der Waals surface area contributed by atoms with E-state index in [0.717, 1.165) is 12.8 Å². The molecule has 2 amide bonds. The van der Waals surface area contributed by atoms with Crippen molar-refractivity contribution in [3.63, 3.8) is 0 Å². The Labute approximate surface area is 142 Å². The van der Waals surface area contributed by atoms with Crippen molar-refractivity contribution in [2.75, 3.05) is 26.7 Å². The Morgan fingerprint density at radius 3 is 2.58 bits per heavy atom. The molecular formula is C18H24N2O4. The average molecular weight is 332 g/mol. The number of hydrogen-bond donors (Lipinski definition) is 0. The van der Waals surface area contributed by atoms with E-state index in [1.54, 1.807) is 30.7 Å². The van der Waals surface area contributed by atoms with Crippen molar-refractivity contribution < 1.29 is 19.1 Å². The molecule has 130 valence electrons. The number of ether oxygens (including phenoxy) is 2. The first-order valence-corrected chi connectivity index (χ1v) is 8.29. The lowest BCUT2D eigenvalue weighted by Gasteiger charge is -2.41. The predicted octanol–water partition coefficient (Wildman–Crippen LogP) is 2.29. The smallest absolute Gasteiger partial charge is 0.410 e. The molecule has 1 spiro atoms. The molecule has 0 aromatic heterocycles. The van der Waals surface area contributed by atoms with Crippen LogP contribution in [-0.4, -0.2) is 59.7 Å². The molecule has 2 fully saturated rings. The molecule has 2 aliphatic heterocycles. The first kappa shape index (κ1) is 16.6. The fraction of sp³-hybridized carbons (Fsp3) is 0.556. The summed E-state index contributed by atoms with van der Waals surface area (Å²) in [5.41, 5.74) is -1.56. The summed E-state index contributed by atoms with van der Waals surface area (Å²) < 4.78 is 11.5. The van der Waals surface area contributed by atoms with Crippen molar-refractivity contribution in [2.45, 2.75) is 37.9 Å². The van der Waals surface area contributed by atoms with Gasteiger partial charge in [-0.05, 0) is 38.8 Å². The fourth-order valence-electron chi connectivity index (χ4n) is 3.48. The molecule has 2 heterocycles. The monoisotopic (exact) mass is 332 g/mol. The molecule has 6 heteroatoms. The first-order valence-electron chi connectivity index (χ1n) is 8.29. The summed E-state index contributed by atoms with van der Waals surface area (Å²) in [6.45, 7) is 5.15. The predicted molar refractivity (Wildman–Crippen MR) is 88.8 cm³/mol. The quantitative estimate of drug-likeness (QED) is 0.852. The van der Waals surface area contributed by atoms with E-state index in [4.69, 9.17) is 9.47 Å². The van der Waals surface area contributed by atoms with Crippen LogP contribution in [0.2, 0.25) is 0 Å². The Morgan fingerprint density at radius 2 is 1.96 bits per heavy atom. The van der Waals surface area contributed by atoms with Gasteiger partial charge >= 0.3 is 6.09 Å². The lowest BCUT2D eigenvalue weighted by atomic mass is 9.91. The maximum absolute atomic E-state index is 13.0. The SMILES string of the molecule is CN1C[C@@]2(CCCN(C(=O)C(C)(C)Oc3ccccc3)C2)OC1=O. The number of likely N-dealkylation sites (N-methyl/N-ethyl adjacent to an activating group) is 1. The summed E-state index contributed by atoms with van der Waals surface area (Å²) in [7, 11) is 1.72. The summed E-state index contributed by atoms with van der Waals surface area (Å²) in [5.74, 6) is 0.575. The molecule has 2 saturated heterocycles. The van der Waals surface area contributed by atoms with E-state index in [1.807, 2.05) is 30.3 Å². The number of hydrogen-bond acceptors (Lipinski definition) is 4. The molecule has 0 aliphatic carbocycles. The number of likely N-dealkylation sites (tertiary alicyclic amines) is 1. The Hall–Kier alpha value is -2.24. The van der Waals surface area contributed by atoms with Gasteiger partial charge in [-0.2, -0.15) is 0 Å². The van der Waals surface area contributed by atoms with Gasteiger partial charge in [-0.1, -0.05) is 18.2 Å². The van der Waals surface area contributed by atoms with E-state index < -0.39 is 11.2 Å². The molecule has 0 N–H and O–H groups in total. The van der Waals surface area contributed by atoms with Gasteiger partial charge in [0.05, 0.1) is 13.1 Å². The molecule has 1 aromatic carbocycles. The molecule has 0 saturated carbocycles. The van der Waals surface area contributed by atoms with Crippen molar-refractivity contribution in [3.05, 3.63) is 30.3 Å². The van der Waals surface area contributed by atoms with Crippen LogP contribution < -0.4 is 4.74 Å². The Bertz CT molecular complexity index is 631. The minimum Gasteiger partial charge on any atom is -0.478 e. The lowest BCUT2D eigenvalue weighted by Crippen LogP contribution is -2.57. The highest BCUT2D eigenvalue weighted by atomic mass is 16.6. The van der Waals surface area contributed by atoms with Crippen molar-refractivity contribution in [3.8, 4) is 5.75 Å². The first-order chi connectivity index (χ1) is 11.3. The molecule has 0 unspecified atom stereocenters. The van der Waals surface area contributed by atoms with E-state index >= 15 is 0 Å². The number of piperidine rings is 1. The fourth-order valence-corrected chi connectivity index (χ4v) is 3.48. The lowest BCUT2D eigenvalue weighted by molar-refractivity contribution is -0.151. The number of amides is 2. The van der Waals surface area contributed by atoms with Gasteiger partial charge in [0.2, 0.25) is 0 Å². The summed E-state index contributed by atoms with van der Waals surface area (Å²) >= 11 is 0. The minimum absolute atomic E-state index is 0.0870. The maximum atomic E-state index is 13.0. The second-order valence-electron chi connectivity index (χ2n) is 7.16. The second kappa shape index (κ2) is 6.00. The van der Waals surface area contributed by atoms with Crippen LogP contribution in [0.5, 0.6) is 5.75 Å². The van der Waals surface area contributed by atoms with E-state index in [2.05, 4.69) is 0 Å². The largest absolute Gasteiger partial charge is 0.478 e. The van der Waals surface area contributed by atoms with Crippen molar-refractivity contribution in [1.82, 2.24) is 9.80 Å². The van der Waals surface area contributed by atoms with E-state index in [-0.39, 0.29) is 12.0 Å². The van der Waals surface area contributed by atoms with Crippen LogP contribution in [-0.2, 0) is 9.53 Å². The molecule has 3 rings (SSSR count). The molecule has 6 nitrogen and oxygen atoms in total. The Morgan fingerprint density at radius 1 is 1.25 bits per heavy atom. The number of para-hydroxylation sites is 1. The third-order valence-electron chi connectivity index (χ3n) is 4.60. The molecule has 1 atom stereocenters. The highest BCUT2D eigenvalue weighted by Crippen LogP contribution is 2.32. The zero-order valence-electron chi connectivity index (χ0n) is 14.4.